The lowest BCUT2D eigenvalue weighted by molar-refractivity contribution is 0.00330. The summed E-state index contributed by atoms with van der Waals surface area (Å²) in [4.78, 5) is 2.42. The first-order chi connectivity index (χ1) is 6.29. The third-order valence-electron chi connectivity index (χ3n) is 2.66. The van der Waals surface area contributed by atoms with Crippen molar-refractivity contribution in [3.05, 3.63) is 0 Å². The molecule has 78 valence electrons. The maximum absolute atomic E-state index is 5.32. The molecule has 1 rings (SSSR count). The molecule has 1 saturated heterocycles. The van der Waals surface area contributed by atoms with Gasteiger partial charge in [-0.2, -0.15) is 0 Å². The van der Waals surface area contributed by atoms with Gasteiger partial charge < -0.3 is 15.4 Å². The summed E-state index contributed by atoms with van der Waals surface area (Å²) >= 11 is 0. The first-order valence-corrected chi connectivity index (χ1v) is 4.96. The van der Waals surface area contributed by atoms with Crippen molar-refractivity contribution in [3.8, 4) is 0 Å². The average molecular weight is 187 g/mol. The van der Waals surface area contributed by atoms with E-state index in [1.165, 1.54) is 0 Å². The summed E-state index contributed by atoms with van der Waals surface area (Å²) in [6.07, 6.45) is 0.411. The number of morpholine rings is 1. The maximum atomic E-state index is 5.32. The lowest BCUT2D eigenvalue weighted by atomic mass is 10.2. The van der Waals surface area contributed by atoms with E-state index in [1.807, 2.05) is 14.1 Å². The Morgan fingerprint density at radius 1 is 1.15 bits per heavy atom. The van der Waals surface area contributed by atoms with E-state index in [0.717, 1.165) is 26.3 Å². The summed E-state index contributed by atoms with van der Waals surface area (Å²) in [5, 5.41) is 6.60. The first-order valence-electron chi connectivity index (χ1n) is 4.96. The zero-order valence-electron chi connectivity index (χ0n) is 8.84. The molecule has 0 radical (unpaired) electrons. The van der Waals surface area contributed by atoms with Crippen molar-refractivity contribution in [2.45, 2.75) is 19.1 Å². The second-order valence-electron chi connectivity index (χ2n) is 3.46. The van der Waals surface area contributed by atoms with Crippen molar-refractivity contribution in [3.63, 3.8) is 0 Å². The van der Waals surface area contributed by atoms with Crippen LogP contribution in [-0.4, -0.2) is 57.5 Å². The molecule has 13 heavy (non-hydrogen) atoms. The van der Waals surface area contributed by atoms with Crippen LogP contribution in [0.4, 0.5) is 0 Å². The number of nitrogens with one attached hydrogen (secondary N) is 2. The van der Waals surface area contributed by atoms with Crippen molar-refractivity contribution in [2.75, 3.05) is 40.4 Å². The van der Waals surface area contributed by atoms with E-state index < -0.39 is 0 Å². The van der Waals surface area contributed by atoms with Gasteiger partial charge in [0.05, 0.1) is 19.4 Å². The Balaban J connectivity index is 2.43. The molecule has 0 aromatic carbocycles. The van der Waals surface area contributed by atoms with Gasteiger partial charge in [-0.3, -0.25) is 4.90 Å². The molecule has 1 heterocycles. The third kappa shape index (κ3) is 2.91. The fraction of sp³-hybridized carbons (Fsp3) is 1.00. The number of ether oxygens (including phenoxy) is 1. The summed E-state index contributed by atoms with van der Waals surface area (Å²) in [7, 11) is 4.00. The smallest absolute Gasteiger partial charge is 0.0751 e. The Hall–Kier alpha value is -0.160. The van der Waals surface area contributed by atoms with Crippen molar-refractivity contribution in [1.29, 1.82) is 0 Å². The van der Waals surface area contributed by atoms with Gasteiger partial charge in [0.25, 0.3) is 0 Å². The summed E-state index contributed by atoms with van der Waals surface area (Å²) in [5.74, 6) is 0. The Morgan fingerprint density at radius 2 is 1.77 bits per heavy atom. The Bertz CT molecular complexity index is 137. The maximum Gasteiger partial charge on any atom is 0.0751 e. The topological polar surface area (TPSA) is 36.5 Å². The van der Waals surface area contributed by atoms with E-state index in [0.29, 0.717) is 12.2 Å². The van der Waals surface area contributed by atoms with Crippen LogP contribution < -0.4 is 10.6 Å². The number of likely N-dealkylation sites (N-methyl/N-ethyl adjacent to an activating group) is 2. The normalized spacial score (nSPS) is 24.2. The minimum absolute atomic E-state index is 0.411. The Morgan fingerprint density at radius 3 is 2.23 bits per heavy atom. The number of hydrogen-bond acceptors (Lipinski definition) is 4. The highest BCUT2D eigenvalue weighted by Gasteiger charge is 2.23. The van der Waals surface area contributed by atoms with E-state index in [4.69, 9.17) is 4.74 Å². The van der Waals surface area contributed by atoms with Crippen molar-refractivity contribution in [1.82, 2.24) is 15.5 Å². The molecule has 1 aliphatic rings. The van der Waals surface area contributed by atoms with Crippen molar-refractivity contribution >= 4 is 0 Å². The molecule has 2 atom stereocenters. The molecule has 4 nitrogen and oxygen atoms in total. The van der Waals surface area contributed by atoms with Gasteiger partial charge in [-0.05, 0) is 21.0 Å². The first kappa shape index (κ1) is 10.9. The molecule has 4 heteroatoms. The van der Waals surface area contributed by atoms with E-state index in [1.54, 1.807) is 0 Å². The molecule has 1 fully saturated rings. The van der Waals surface area contributed by atoms with Gasteiger partial charge >= 0.3 is 0 Å². The van der Waals surface area contributed by atoms with Gasteiger partial charge in [-0.15, -0.1) is 0 Å². The fourth-order valence-electron chi connectivity index (χ4n) is 1.76. The molecule has 0 spiro atoms. The van der Waals surface area contributed by atoms with Crippen LogP contribution in [-0.2, 0) is 4.74 Å². The third-order valence-corrected chi connectivity index (χ3v) is 2.66. The molecule has 0 amide bonds. The molecule has 1 aliphatic heterocycles. The van der Waals surface area contributed by atoms with Gasteiger partial charge in [0.2, 0.25) is 0 Å². The van der Waals surface area contributed by atoms with Crippen LogP contribution in [0.25, 0.3) is 0 Å². The quantitative estimate of drug-likeness (QED) is 0.620. The van der Waals surface area contributed by atoms with Gasteiger partial charge in [-0.25, -0.2) is 0 Å². The molecule has 0 aromatic rings. The second-order valence-corrected chi connectivity index (χ2v) is 3.46. The van der Waals surface area contributed by atoms with Crippen LogP contribution in [0.2, 0.25) is 0 Å². The van der Waals surface area contributed by atoms with Crippen LogP contribution in [0.3, 0.4) is 0 Å². The Kier molecular flexibility index (Phi) is 4.66. The van der Waals surface area contributed by atoms with Crippen molar-refractivity contribution in [2.24, 2.45) is 0 Å². The highest BCUT2D eigenvalue weighted by molar-refractivity contribution is 4.78. The molecule has 0 saturated carbocycles. The van der Waals surface area contributed by atoms with Crippen molar-refractivity contribution < 1.29 is 4.74 Å². The molecule has 2 unspecified atom stereocenters. The fourth-order valence-corrected chi connectivity index (χ4v) is 1.76. The molecular formula is C9H21N3O. The standard InChI is InChI=1S/C9H21N3O/c1-8(10-2)9(11-3)12-4-6-13-7-5-12/h8-11H,4-7H2,1-3H3. The predicted molar refractivity (Wildman–Crippen MR) is 53.8 cm³/mol. The van der Waals surface area contributed by atoms with Crippen LogP contribution >= 0.6 is 0 Å². The number of rotatable bonds is 4. The Labute approximate surface area is 80.6 Å². The van der Waals surface area contributed by atoms with Gasteiger partial charge in [-0.1, -0.05) is 0 Å². The molecule has 0 aliphatic carbocycles. The molecule has 2 N–H and O–H groups in total. The molecule has 0 aromatic heterocycles. The van der Waals surface area contributed by atoms with Crippen LogP contribution in [0.1, 0.15) is 6.92 Å². The van der Waals surface area contributed by atoms with Crippen LogP contribution in [0.15, 0.2) is 0 Å². The zero-order chi connectivity index (χ0) is 9.68. The zero-order valence-corrected chi connectivity index (χ0v) is 8.84. The van der Waals surface area contributed by atoms with E-state index in [-0.39, 0.29) is 0 Å². The lowest BCUT2D eigenvalue weighted by Gasteiger charge is -2.37. The summed E-state index contributed by atoms with van der Waals surface area (Å²) in [6, 6.07) is 0.461. The number of nitrogens with zero attached hydrogens (tertiary/aromatic N) is 1. The summed E-state index contributed by atoms with van der Waals surface area (Å²) in [5.41, 5.74) is 0. The van der Waals surface area contributed by atoms with E-state index in [9.17, 15) is 0 Å². The van der Waals surface area contributed by atoms with Gasteiger partial charge in [0.15, 0.2) is 0 Å². The van der Waals surface area contributed by atoms with Gasteiger partial charge in [0.1, 0.15) is 0 Å². The summed E-state index contributed by atoms with van der Waals surface area (Å²) < 4.78 is 5.32. The predicted octanol–water partition coefficient (Wildman–Crippen LogP) is -0.528. The second kappa shape index (κ2) is 5.54. The van der Waals surface area contributed by atoms with Crippen LogP contribution in [0, 0.1) is 0 Å². The highest BCUT2D eigenvalue weighted by Crippen LogP contribution is 2.04. The lowest BCUT2D eigenvalue weighted by Crippen LogP contribution is -2.57. The van der Waals surface area contributed by atoms with E-state index in [2.05, 4.69) is 22.5 Å². The van der Waals surface area contributed by atoms with Crippen LogP contribution in [0.5, 0.6) is 0 Å². The monoisotopic (exact) mass is 187 g/mol. The highest BCUT2D eigenvalue weighted by atomic mass is 16.5. The van der Waals surface area contributed by atoms with Gasteiger partial charge in [0, 0.05) is 19.1 Å². The molecule has 0 bridgehead atoms. The minimum atomic E-state index is 0.411. The SMILES string of the molecule is CNC(C)C(NC)N1CCOCC1. The van der Waals surface area contributed by atoms with E-state index >= 15 is 0 Å². The molecular weight excluding hydrogens is 166 g/mol. The largest absolute Gasteiger partial charge is 0.379 e. The summed E-state index contributed by atoms with van der Waals surface area (Å²) in [6.45, 7) is 5.95. The number of hydrogen-bond donors (Lipinski definition) is 2. The average Bonchev–Trinajstić information content (AvgIpc) is 2.20. The minimum Gasteiger partial charge on any atom is -0.379 e.